The van der Waals surface area contributed by atoms with Crippen molar-refractivity contribution in [3.05, 3.63) is 429 Å². The maximum Gasteiger partial charge on any atom is 1.00 e. The summed E-state index contributed by atoms with van der Waals surface area (Å²) in [4.78, 5) is 27.8. The monoisotopic (exact) mass is 2030 g/mol. The average Bonchev–Trinajstić information content (AvgIpc) is 0.722. The Balaban J connectivity index is 0.000000194. The molecule has 2 unspecified atom stereocenters. The molecule has 1 aliphatic rings. The number of nitrogens with one attached hydrogen (secondary N) is 1. The fourth-order valence-corrected chi connectivity index (χ4v) is 14.6. The molecule has 0 aliphatic heterocycles. The molecule has 2 atom stereocenters. The largest absolute Gasteiger partial charge is 1.00 e. The third kappa shape index (κ3) is 29.6. The van der Waals surface area contributed by atoms with Crippen LogP contribution in [0, 0.1) is 13.8 Å². The van der Waals surface area contributed by atoms with Crippen LogP contribution in [-0.2, 0) is 0 Å². The van der Waals surface area contributed by atoms with Gasteiger partial charge in [-0.15, -0.1) is 52.9 Å². The number of aryl methyl sites for hydroxylation is 2. The van der Waals surface area contributed by atoms with Crippen molar-refractivity contribution in [1.82, 2.24) is 0 Å². The molecule has 20 nitrogen and oxygen atoms in total. The molecule has 0 saturated heterocycles. The molecule has 26 heteroatoms. The summed E-state index contributed by atoms with van der Waals surface area (Å²) in [7, 11) is 3.37. The molecule has 0 amide bonds. The minimum atomic E-state index is -1.53. The van der Waals surface area contributed by atoms with E-state index < -0.39 is 52.0 Å². The second-order valence-electron chi connectivity index (χ2n) is 30.5. The van der Waals surface area contributed by atoms with E-state index in [1.165, 1.54) is 41.5 Å². The van der Waals surface area contributed by atoms with E-state index in [0.29, 0.717) is 17.1 Å². The third-order valence-electron chi connectivity index (χ3n) is 19.6. The Morgan fingerprint density at radius 3 is 0.795 bits per heavy atom. The van der Waals surface area contributed by atoms with Crippen LogP contribution < -0.4 is 85.0 Å². The number of rotatable bonds is 18. The van der Waals surface area contributed by atoms with Gasteiger partial charge in [0.2, 0.25) is 11.5 Å². The summed E-state index contributed by atoms with van der Waals surface area (Å²) in [5.41, 5.74) is 11.9. The van der Waals surface area contributed by atoms with Crippen molar-refractivity contribution in [3.8, 4) is 57.5 Å². The van der Waals surface area contributed by atoms with E-state index in [0.717, 1.165) is 78.5 Å². The van der Waals surface area contributed by atoms with Crippen LogP contribution in [0.15, 0.2) is 396 Å². The van der Waals surface area contributed by atoms with Crippen LogP contribution in [0.5, 0.6) is 57.5 Å². The number of nitrogens with zero attached hydrogens (tertiary/aromatic N) is 4. The van der Waals surface area contributed by atoms with Crippen molar-refractivity contribution in [1.29, 1.82) is 0 Å². The predicted molar refractivity (Wildman–Crippen MR) is 541 cm³/mol. The molecule has 0 aromatic heterocycles. The molecule has 1 fully saturated rings. The molecule has 0 radical (unpaired) electrons. The van der Waals surface area contributed by atoms with Gasteiger partial charge in [0.1, 0.15) is 46.0 Å². The summed E-state index contributed by atoms with van der Waals surface area (Å²) in [5, 5.41) is 117. The minimum Gasteiger partial charge on any atom is -0.851 e. The second-order valence-corrected chi connectivity index (χ2v) is 37.9. The smallest absolute Gasteiger partial charge is 0.851 e. The summed E-state index contributed by atoms with van der Waals surface area (Å²) in [5.74, 6) is -3.25. The van der Waals surface area contributed by atoms with Gasteiger partial charge in [0.15, 0.2) is 6.10 Å². The first-order valence-corrected chi connectivity index (χ1v) is 44.7. The van der Waals surface area contributed by atoms with Crippen LogP contribution in [0.2, 0.25) is 0 Å². The molecule has 1 aliphatic carbocycles. The van der Waals surface area contributed by atoms with Crippen molar-refractivity contribution in [3.63, 3.8) is 0 Å². The van der Waals surface area contributed by atoms with E-state index in [1.54, 1.807) is 47.1 Å². The van der Waals surface area contributed by atoms with Crippen molar-refractivity contribution >= 4 is 146 Å². The molecule has 16 aromatic carbocycles. The molecule has 0 heterocycles. The summed E-state index contributed by atoms with van der Waals surface area (Å²) in [6.07, 6.45) is -2.69. The van der Waals surface area contributed by atoms with E-state index in [-0.39, 0.29) is 78.4 Å². The Morgan fingerprint density at radius 2 is 0.568 bits per heavy atom. The summed E-state index contributed by atoms with van der Waals surface area (Å²) in [6.45, 7) is 9.01. The summed E-state index contributed by atoms with van der Waals surface area (Å²) in [6, 6.07) is 121. The van der Waals surface area contributed by atoms with Crippen LogP contribution in [0.4, 0.5) is 79.6 Å². The zero-order valence-electron chi connectivity index (χ0n) is 73.6. The fraction of sp³-hybridized carbons (Fsp3) is 0.113. The number of hydrogen-bond acceptors (Lipinski definition) is 19. The van der Waals surface area contributed by atoms with Gasteiger partial charge in [0.05, 0.1) is 48.8 Å². The van der Waals surface area contributed by atoms with Gasteiger partial charge < -0.3 is 90.6 Å². The molecule has 0 spiro atoms. The third-order valence-corrected chi connectivity index (χ3v) is 20.1. The van der Waals surface area contributed by atoms with Gasteiger partial charge in [-0.2, -0.15) is 0 Å². The SMILES string of the molecule is BrB(Br)Br.CC(C)(C)[O-].COc1cc(C)cc(Br)c1.COc1cc(C)cc(N(c2ccccc2)c2ccccc2)c1.O=c1c(O)c(O)c1=O.Oc1cc(O)cc(N(c2ccccc2)c2ccccc2)c1.[Na+].[O-]C1C(c2c(O)cc(N(c3ccccc3)c3ccccc3)cc2O)C([OH2+])C1c1c(O)cc(N(c2ccccc2)c2ccccc2)cc1O.c1ccc(Nc2ccccc2)cc1. The van der Waals surface area contributed by atoms with Gasteiger partial charge in [0, 0.05) is 121 Å². The first kappa shape index (κ1) is 103. The Morgan fingerprint density at radius 1 is 0.348 bits per heavy atom. The molecular formula is C106H99BBr4N5NaO15. The zero-order valence-corrected chi connectivity index (χ0v) is 81.9. The molecule has 132 heavy (non-hydrogen) atoms. The van der Waals surface area contributed by atoms with Crippen LogP contribution in [0.25, 0.3) is 0 Å². The topological polar surface area (TPSA) is 308 Å². The van der Waals surface area contributed by atoms with E-state index >= 15 is 0 Å². The normalized spacial score (nSPS) is 13.0. The van der Waals surface area contributed by atoms with Crippen molar-refractivity contribution < 1.29 is 95.2 Å². The fourth-order valence-electron chi connectivity index (χ4n) is 14.0. The molecule has 1 saturated carbocycles. The van der Waals surface area contributed by atoms with Crippen LogP contribution in [0.3, 0.4) is 0 Å². The van der Waals surface area contributed by atoms with Crippen molar-refractivity contribution in [2.75, 3.05) is 39.1 Å². The maximum absolute atomic E-state index is 13.8. The number of anilines is 14. The molecule has 670 valence electrons. The number of phenolic OH excluding ortho intramolecular Hbond substituents is 6. The molecule has 11 N–H and O–H groups in total. The number of halogens is 4. The van der Waals surface area contributed by atoms with Gasteiger partial charge in [-0.1, -0.05) is 225 Å². The Labute approximate surface area is 824 Å². The standard InChI is InChI=1S/C40H33N2O6.C20H19NO.C18H15NO2.C12H11N.C8H9BrO.C4H2O4.C4H9O.BBr3.Na/c43-31-21-29(41(25-13-5-1-6-14-25)26-15-7-2-8-16-26)22-32(44)35(31)37-39(47)38(40(37)48)36-33(45)23-30(24-34(36)46)42(27-17-9-3-10-18-27)28-19-11-4-12-20-28;1-16-13-19(15-20(14-16)22-2)21(17-9-5-3-6-10-17)18-11-7-4-8-12-18;20-17-11-16(12-18(21)13-17)19(14-7-3-1-4-8-14)15-9-5-2-6-10-15;1-3-7-11(8-4-1)13-12-9-5-2-6-10-12;1-6-3-7(9)5-8(4-6)10-2;5-1-2(6)4(8)3(1)7;1-4(2,3)5;2-1(3)4;/h1-24,37-40,43-47H;3-15H,1-2H3;1-13,20-21H;1-10,13H;3-5H,1-2H3;5-6H;1-3H3;;/q-1;;;;;;-1;;+1/p+1. The van der Waals surface area contributed by atoms with Crippen LogP contribution in [-0.4, -0.2) is 81.2 Å². The van der Waals surface area contributed by atoms with Crippen molar-refractivity contribution in [2.45, 2.75) is 64.3 Å². The number of phenols is 6. The van der Waals surface area contributed by atoms with Gasteiger partial charge in [-0.25, -0.2) is 0 Å². The molecule has 17 rings (SSSR count). The van der Waals surface area contributed by atoms with Gasteiger partial charge in [-0.05, 0) is 177 Å². The van der Waals surface area contributed by atoms with Gasteiger partial charge in [-0.3, -0.25) is 9.59 Å². The predicted octanol–water partition coefficient (Wildman–Crippen LogP) is 21.4. The van der Waals surface area contributed by atoms with Gasteiger partial charge >= 0.3 is 32.7 Å². The van der Waals surface area contributed by atoms with Crippen LogP contribution in [0.1, 0.15) is 54.9 Å². The Kier molecular flexibility index (Phi) is 39.5. The van der Waals surface area contributed by atoms with E-state index in [1.807, 2.05) is 301 Å². The quantitative estimate of drug-likeness (QED) is 0.0219. The van der Waals surface area contributed by atoms with Gasteiger partial charge in [0.25, 0.3) is 10.9 Å². The minimum absolute atomic E-state index is 0. The van der Waals surface area contributed by atoms with E-state index in [2.05, 4.69) is 141 Å². The number of para-hydroxylation sites is 10. The van der Waals surface area contributed by atoms with Crippen LogP contribution >= 0.6 is 63.2 Å². The molecule has 0 bridgehead atoms. The number of hydrogen-bond donors (Lipinski definition) is 9. The first-order chi connectivity index (χ1) is 62.9. The average molecular weight is 2040 g/mol. The molecular weight excluding hydrogens is 1940 g/mol. The maximum atomic E-state index is 13.8. The number of benzene rings is 15. The van der Waals surface area contributed by atoms with Crippen molar-refractivity contribution in [2.24, 2.45) is 0 Å². The Hall–Kier alpha value is -12.8. The number of aromatic hydroxyl groups is 8. The second kappa shape index (κ2) is 50.6. The summed E-state index contributed by atoms with van der Waals surface area (Å²) >= 11 is 12.7. The summed E-state index contributed by atoms with van der Waals surface area (Å²) < 4.78 is 11.8. The number of ether oxygens (including phenoxy) is 2. The number of methoxy groups -OCH3 is 2. The Bertz CT molecular complexity index is 5830. The zero-order chi connectivity index (χ0) is 94.3. The van der Waals surface area contributed by atoms with E-state index in [4.69, 9.17) is 24.8 Å². The first-order valence-electron chi connectivity index (χ1n) is 41.2. The molecule has 16 aromatic rings. The van der Waals surface area contributed by atoms with E-state index in [9.17, 15) is 50.4 Å².